The molecule has 0 heterocycles. The smallest absolute Gasteiger partial charge is 0.270 e. The molecular weight excluding hydrogens is 250 g/mol. The highest BCUT2D eigenvalue weighted by Gasteiger charge is 2.19. The molecule has 1 aromatic carbocycles. The van der Waals surface area contributed by atoms with Gasteiger partial charge in [-0.25, -0.2) is 0 Å². The van der Waals surface area contributed by atoms with E-state index in [2.05, 4.69) is 0 Å². The van der Waals surface area contributed by atoms with Crippen molar-refractivity contribution < 1.29 is 14.5 Å². The summed E-state index contributed by atoms with van der Waals surface area (Å²) < 4.78 is 0. The van der Waals surface area contributed by atoms with Crippen molar-refractivity contribution in [3.8, 4) is 0 Å². The molecule has 19 heavy (non-hydrogen) atoms. The Morgan fingerprint density at radius 3 is 2.58 bits per heavy atom. The van der Waals surface area contributed by atoms with Crippen LogP contribution in [0.3, 0.4) is 0 Å². The highest BCUT2D eigenvalue weighted by Crippen LogP contribution is 2.25. The van der Waals surface area contributed by atoms with Gasteiger partial charge in [0.1, 0.15) is 0 Å². The molecule has 0 aliphatic rings. The first kappa shape index (κ1) is 14.6. The molecule has 0 aliphatic carbocycles. The molecule has 102 valence electrons. The van der Waals surface area contributed by atoms with Crippen LogP contribution in [0.5, 0.6) is 0 Å². The van der Waals surface area contributed by atoms with Gasteiger partial charge in [-0.2, -0.15) is 0 Å². The van der Waals surface area contributed by atoms with Gasteiger partial charge in [-0.1, -0.05) is 0 Å². The van der Waals surface area contributed by atoms with Crippen LogP contribution in [0.25, 0.3) is 0 Å². The molecular formula is C12H15N3O4. The lowest BCUT2D eigenvalue weighted by Crippen LogP contribution is -2.39. The first-order valence-corrected chi connectivity index (χ1v) is 5.65. The van der Waals surface area contributed by atoms with Crippen LogP contribution in [0.15, 0.2) is 18.2 Å². The summed E-state index contributed by atoms with van der Waals surface area (Å²) in [5, 5.41) is 10.7. The number of aldehydes is 1. The summed E-state index contributed by atoms with van der Waals surface area (Å²) >= 11 is 0. The van der Waals surface area contributed by atoms with Crippen LogP contribution < -0.4 is 10.6 Å². The average Bonchev–Trinajstić information content (AvgIpc) is 2.34. The highest BCUT2D eigenvalue weighted by molar-refractivity contribution is 5.88. The molecule has 1 aromatic rings. The molecule has 0 bridgehead atoms. The third-order valence-corrected chi connectivity index (χ3v) is 2.61. The maximum absolute atomic E-state index is 11.0. The Balaban J connectivity index is 3.26. The largest absolute Gasteiger partial charge is 0.368 e. The van der Waals surface area contributed by atoms with E-state index in [1.807, 2.05) is 13.8 Å². The molecule has 0 atom stereocenters. The molecule has 0 saturated heterocycles. The Labute approximate surface area is 110 Å². The van der Waals surface area contributed by atoms with Crippen LogP contribution >= 0.6 is 0 Å². The topological polar surface area (TPSA) is 107 Å². The van der Waals surface area contributed by atoms with Crippen molar-refractivity contribution in [3.05, 3.63) is 33.9 Å². The van der Waals surface area contributed by atoms with E-state index >= 15 is 0 Å². The molecule has 0 spiro atoms. The fourth-order valence-corrected chi connectivity index (χ4v) is 1.73. The van der Waals surface area contributed by atoms with Gasteiger partial charge in [0.15, 0.2) is 6.29 Å². The summed E-state index contributed by atoms with van der Waals surface area (Å²) in [5.41, 5.74) is 5.60. The zero-order valence-electron chi connectivity index (χ0n) is 10.7. The normalized spacial score (nSPS) is 10.3. The third kappa shape index (κ3) is 3.51. The van der Waals surface area contributed by atoms with Gasteiger partial charge in [-0.05, 0) is 19.9 Å². The number of nitro benzene ring substituents is 1. The van der Waals surface area contributed by atoms with Gasteiger partial charge >= 0.3 is 0 Å². The summed E-state index contributed by atoms with van der Waals surface area (Å²) in [6, 6.07) is 3.84. The van der Waals surface area contributed by atoms with E-state index in [9.17, 15) is 19.7 Å². The number of non-ortho nitro benzene ring substituents is 1. The molecule has 0 aliphatic heterocycles. The fraction of sp³-hybridized carbons (Fsp3) is 0.333. The predicted molar refractivity (Wildman–Crippen MR) is 70.2 cm³/mol. The van der Waals surface area contributed by atoms with Crippen molar-refractivity contribution >= 4 is 23.6 Å². The molecule has 0 aromatic heterocycles. The van der Waals surface area contributed by atoms with Crippen LogP contribution in [-0.4, -0.2) is 29.7 Å². The van der Waals surface area contributed by atoms with Crippen molar-refractivity contribution in [1.82, 2.24) is 0 Å². The maximum Gasteiger partial charge on any atom is 0.270 e. The quantitative estimate of drug-likeness (QED) is 0.471. The Morgan fingerprint density at radius 1 is 1.53 bits per heavy atom. The molecule has 0 unspecified atom stereocenters. The van der Waals surface area contributed by atoms with Gasteiger partial charge < -0.3 is 10.6 Å². The van der Waals surface area contributed by atoms with E-state index in [0.29, 0.717) is 12.0 Å². The Hall–Kier alpha value is -2.44. The minimum absolute atomic E-state index is 0.0592. The summed E-state index contributed by atoms with van der Waals surface area (Å²) in [6.45, 7) is 3.61. The molecule has 2 N–H and O–H groups in total. The van der Waals surface area contributed by atoms with Crippen molar-refractivity contribution in [3.63, 3.8) is 0 Å². The lowest BCUT2D eigenvalue weighted by Gasteiger charge is -2.28. The zero-order valence-corrected chi connectivity index (χ0v) is 10.7. The summed E-state index contributed by atoms with van der Waals surface area (Å²) in [7, 11) is 0. The second-order valence-corrected chi connectivity index (χ2v) is 4.31. The van der Waals surface area contributed by atoms with Gasteiger partial charge in [0.25, 0.3) is 5.69 Å². The van der Waals surface area contributed by atoms with E-state index in [-0.39, 0.29) is 23.8 Å². The van der Waals surface area contributed by atoms with E-state index in [0.717, 1.165) is 0 Å². The minimum Gasteiger partial charge on any atom is -0.368 e. The van der Waals surface area contributed by atoms with E-state index < -0.39 is 10.8 Å². The van der Waals surface area contributed by atoms with Crippen LogP contribution in [-0.2, 0) is 4.79 Å². The number of rotatable bonds is 6. The number of hydrogen-bond donors (Lipinski definition) is 1. The lowest BCUT2D eigenvalue weighted by atomic mass is 10.1. The number of anilines is 1. The molecule has 0 radical (unpaired) electrons. The molecule has 0 fully saturated rings. The number of primary amides is 1. The van der Waals surface area contributed by atoms with Crippen molar-refractivity contribution in [2.75, 3.05) is 11.4 Å². The SMILES string of the molecule is CC(C)N(CC(N)=O)c1ccc([N+](=O)[O-])cc1C=O. The summed E-state index contributed by atoms with van der Waals surface area (Å²) in [6.07, 6.45) is 0.526. The van der Waals surface area contributed by atoms with Crippen molar-refractivity contribution in [1.29, 1.82) is 0 Å². The van der Waals surface area contributed by atoms with Crippen LogP contribution in [0.1, 0.15) is 24.2 Å². The van der Waals surface area contributed by atoms with Crippen molar-refractivity contribution in [2.24, 2.45) is 5.73 Å². The molecule has 1 amide bonds. The number of nitrogens with two attached hydrogens (primary N) is 1. The molecule has 1 rings (SSSR count). The molecule has 7 nitrogen and oxygen atoms in total. The second kappa shape index (κ2) is 5.94. The second-order valence-electron chi connectivity index (χ2n) is 4.31. The standard InChI is InChI=1S/C12H15N3O4/c1-8(2)14(6-12(13)17)11-4-3-10(15(18)19)5-9(11)7-16/h3-5,7-8H,6H2,1-2H3,(H2,13,17). The van der Waals surface area contributed by atoms with Gasteiger partial charge in [-0.3, -0.25) is 19.7 Å². The van der Waals surface area contributed by atoms with Crippen molar-refractivity contribution in [2.45, 2.75) is 19.9 Å². The van der Waals surface area contributed by atoms with Crippen LogP contribution in [0.4, 0.5) is 11.4 Å². The van der Waals surface area contributed by atoms with Gasteiger partial charge in [-0.15, -0.1) is 0 Å². The monoisotopic (exact) mass is 265 g/mol. The zero-order chi connectivity index (χ0) is 14.6. The fourth-order valence-electron chi connectivity index (χ4n) is 1.73. The van der Waals surface area contributed by atoms with E-state index in [1.54, 1.807) is 4.90 Å². The number of benzene rings is 1. The number of hydrogen-bond acceptors (Lipinski definition) is 5. The van der Waals surface area contributed by atoms with Gasteiger partial charge in [0.05, 0.1) is 11.5 Å². The molecule has 7 heteroatoms. The Bertz CT molecular complexity index is 514. The number of amides is 1. The number of nitrogens with zero attached hydrogens (tertiary/aromatic N) is 2. The van der Waals surface area contributed by atoms with Crippen LogP contribution in [0, 0.1) is 10.1 Å². The number of carbonyl (C=O) groups is 2. The lowest BCUT2D eigenvalue weighted by molar-refractivity contribution is -0.384. The van der Waals surface area contributed by atoms with Gasteiger partial charge in [0.2, 0.25) is 5.91 Å². The van der Waals surface area contributed by atoms with E-state index in [4.69, 9.17) is 5.73 Å². The predicted octanol–water partition coefficient (Wildman–Crippen LogP) is 1.11. The van der Waals surface area contributed by atoms with E-state index in [1.165, 1.54) is 18.2 Å². The Morgan fingerprint density at radius 2 is 2.16 bits per heavy atom. The number of nitro groups is 1. The first-order valence-electron chi connectivity index (χ1n) is 5.65. The minimum atomic E-state index is -0.579. The maximum atomic E-state index is 11.0. The summed E-state index contributed by atoms with van der Waals surface area (Å²) in [5.74, 6) is -0.538. The van der Waals surface area contributed by atoms with Gasteiger partial charge in [0, 0.05) is 29.4 Å². The first-order chi connectivity index (χ1) is 8.86. The number of carbonyl (C=O) groups excluding carboxylic acids is 2. The highest BCUT2D eigenvalue weighted by atomic mass is 16.6. The molecule has 0 saturated carbocycles. The summed E-state index contributed by atoms with van der Waals surface area (Å²) in [4.78, 5) is 33.8. The third-order valence-electron chi connectivity index (χ3n) is 2.61. The Kier molecular flexibility index (Phi) is 4.57. The average molecular weight is 265 g/mol. The van der Waals surface area contributed by atoms with Crippen LogP contribution in [0.2, 0.25) is 0 Å².